The van der Waals surface area contributed by atoms with E-state index >= 15 is 0 Å². The van der Waals surface area contributed by atoms with Crippen molar-refractivity contribution in [1.29, 1.82) is 0 Å². The predicted molar refractivity (Wildman–Crippen MR) is 158 cm³/mol. The van der Waals surface area contributed by atoms with Crippen molar-refractivity contribution in [2.45, 2.75) is 30.4 Å². The second-order valence-corrected chi connectivity index (χ2v) is 13.7. The first-order valence-corrected chi connectivity index (χ1v) is 16.2. The molecule has 1 aliphatic heterocycles. The van der Waals surface area contributed by atoms with Gasteiger partial charge in [0.25, 0.3) is 10.0 Å². The third kappa shape index (κ3) is 6.19. The minimum absolute atomic E-state index is 0.0544. The van der Waals surface area contributed by atoms with Crippen LogP contribution in [0.4, 0.5) is 11.4 Å². The topological polar surface area (TPSA) is 113 Å². The Labute approximate surface area is 235 Å². The monoisotopic (exact) mass is 577 g/mol. The van der Waals surface area contributed by atoms with Crippen LogP contribution in [0.15, 0.2) is 95.9 Å². The Morgan fingerprint density at radius 2 is 1.48 bits per heavy atom. The maximum absolute atomic E-state index is 13.0. The molecule has 40 heavy (non-hydrogen) atoms. The molecule has 8 nitrogen and oxygen atoms in total. The summed E-state index contributed by atoms with van der Waals surface area (Å²) in [5.74, 6) is -0.594. The van der Waals surface area contributed by atoms with Crippen molar-refractivity contribution in [3.05, 3.63) is 102 Å². The van der Waals surface area contributed by atoms with Crippen LogP contribution in [0.1, 0.15) is 24.0 Å². The number of benzene rings is 4. The third-order valence-corrected chi connectivity index (χ3v) is 10.5. The van der Waals surface area contributed by atoms with E-state index in [4.69, 9.17) is 0 Å². The zero-order valence-electron chi connectivity index (χ0n) is 22.1. The van der Waals surface area contributed by atoms with Crippen LogP contribution in [-0.2, 0) is 30.6 Å². The Kier molecular flexibility index (Phi) is 7.93. The first kappa shape index (κ1) is 27.8. The van der Waals surface area contributed by atoms with E-state index in [-0.39, 0.29) is 35.6 Å². The Hall–Kier alpha value is -3.73. The predicted octanol–water partition coefficient (Wildman–Crippen LogP) is 5.13. The van der Waals surface area contributed by atoms with Crippen molar-refractivity contribution in [2.75, 3.05) is 23.1 Å². The number of hydrogen-bond acceptors (Lipinski definition) is 5. The zero-order chi connectivity index (χ0) is 28.3. The maximum Gasteiger partial charge on any atom is 0.261 e. The van der Waals surface area contributed by atoms with Crippen LogP contribution in [-0.4, -0.2) is 40.1 Å². The summed E-state index contributed by atoms with van der Waals surface area (Å²) in [5.41, 5.74) is 2.68. The second-order valence-electron chi connectivity index (χ2n) is 10.0. The Morgan fingerprint density at radius 1 is 0.825 bits per heavy atom. The van der Waals surface area contributed by atoms with Gasteiger partial charge < -0.3 is 5.32 Å². The van der Waals surface area contributed by atoms with Crippen LogP contribution in [0.2, 0.25) is 0 Å². The summed E-state index contributed by atoms with van der Waals surface area (Å²) < 4.78 is 56.0. The number of rotatable bonds is 8. The van der Waals surface area contributed by atoms with Gasteiger partial charge in [0, 0.05) is 30.1 Å². The summed E-state index contributed by atoms with van der Waals surface area (Å²) >= 11 is 0. The molecule has 4 aromatic rings. The van der Waals surface area contributed by atoms with Crippen molar-refractivity contribution in [2.24, 2.45) is 5.92 Å². The van der Waals surface area contributed by atoms with Gasteiger partial charge in [-0.05, 0) is 66.6 Å². The van der Waals surface area contributed by atoms with Gasteiger partial charge in [-0.1, -0.05) is 60.7 Å². The minimum atomic E-state index is -3.84. The van der Waals surface area contributed by atoms with Gasteiger partial charge in [0.15, 0.2) is 0 Å². The number of piperidine rings is 1. The number of anilines is 2. The molecular formula is C30H31N3O5S2. The van der Waals surface area contributed by atoms with E-state index in [1.54, 1.807) is 24.3 Å². The molecule has 0 aromatic heterocycles. The molecule has 0 aliphatic carbocycles. The molecule has 0 saturated carbocycles. The first-order chi connectivity index (χ1) is 19.1. The molecule has 0 unspecified atom stereocenters. The molecule has 1 saturated heterocycles. The lowest BCUT2D eigenvalue weighted by molar-refractivity contribution is -0.120. The molecule has 1 heterocycles. The number of nitrogens with one attached hydrogen (secondary N) is 2. The van der Waals surface area contributed by atoms with E-state index in [1.165, 1.54) is 16.4 Å². The Bertz CT molecular complexity index is 1740. The molecule has 0 radical (unpaired) electrons. The van der Waals surface area contributed by atoms with Gasteiger partial charge in [0.2, 0.25) is 15.9 Å². The lowest BCUT2D eigenvalue weighted by Gasteiger charge is -2.30. The Balaban J connectivity index is 1.18. The molecule has 2 N–H and O–H groups in total. The number of amides is 1. The highest BCUT2D eigenvalue weighted by molar-refractivity contribution is 7.92. The van der Waals surface area contributed by atoms with E-state index in [0.29, 0.717) is 24.2 Å². The van der Waals surface area contributed by atoms with E-state index in [0.717, 1.165) is 21.9 Å². The van der Waals surface area contributed by atoms with Crippen LogP contribution in [0.25, 0.3) is 10.8 Å². The van der Waals surface area contributed by atoms with Crippen molar-refractivity contribution in [3.63, 3.8) is 0 Å². The fourth-order valence-corrected chi connectivity index (χ4v) is 7.68. The van der Waals surface area contributed by atoms with Gasteiger partial charge in [-0.25, -0.2) is 21.1 Å². The van der Waals surface area contributed by atoms with E-state index in [1.807, 2.05) is 61.5 Å². The normalized spacial score (nSPS) is 15.1. The number of nitrogens with zero attached hydrogens (tertiary/aromatic N) is 1. The average molecular weight is 578 g/mol. The summed E-state index contributed by atoms with van der Waals surface area (Å²) in [6, 6.07) is 26.4. The lowest BCUT2D eigenvalue weighted by atomic mass is 9.97. The van der Waals surface area contributed by atoms with Gasteiger partial charge in [0.05, 0.1) is 16.3 Å². The first-order valence-electron chi connectivity index (χ1n) is 13.1. The van der Waals surface area contributed by atoms with Crippen molar-refractivity contribution < 1.29 is 21.6 Å². The summed E-state index contributed by atoms with van der Waals surface area (Å²) in [6.07, 6.45) is 0.834. The number of sulfonamides is 2. The van der Waals surface area contributed by atoms with E-state index in [2.05, 4.69) is 10.0 Å². The van der Waals surface area contributed by atoms with E-state index < -0.39 is 20.0 Å². The van der Waals surface area contributed by atoms with Gasteiger partial charge >= 0.3 is 0 Å². The number of carbonyl (C=O) groups is 1. The number of aryl methyl sites for hydroxylation is 1. The second kappa shape index (κ2) is 11.4. The van der Waals surface area contributed by atoms with Crippen LogP contribution in [0.5, 0.6) is 0 Å². The molecule has 208 valence electrons. The SMILES string of the molecule is Cc1ccccc1CS(=O)(=O)N1CCC(C(=O)Nc2ccc(S(=O)(=O)Nc3cccc4ccccc34)cc2)CC1. The highest BCUT2D eigenvalue weighted by atomic mass is 32.2. The average Bonchev–Trinajstić information content (AvgIpc) is 2.95. The van der Waals surface area contributed by atoms with E-state index in [9.17, 15) is 21.6 Å². The smallest absolute Gasteiger partial charge is 0.261 e. The lowest BCUT2D eigenvalue weighted by Crippen LogP contribution is -2.41. The van der Waals surface area contributed by atoms with Crippen molar-refractivity contribution in [3.8, 4) is 0 Å². The summed E-state index contributed by atoms with van der Waals surface area (Å²) in [7, 11) is -7.32. The highest BCUT2D eigenvalue weighted by Gasteiger charge is 2.31. The fourth-order valence-electron chi connectivity index (χ4n) is 4.94. The number of fused-ring (bicyclic) bond motifs is 1. The standard InChI is InChI=1S/C30H31N3O5S2/c1-22-7-2-3-9-25(22)21-39(35,36)33-19-17-24(18-20-33)30(34)31-26-13-15-27(16-14-26)40(37,38)32-29-12-6-10-23-8-4-5-11-28(23)29/h2-16,24,32H,17-21H2,1H3,(H,31,34). The molecule has 1 fully saturated rings. The molecule has 10 heteroatoms. The Morgan fingerprint density at radius 3 is 2.20 bits per heavy atom. The van der Waals surface area contributed by atoms with Crippen LogP contribution < -0.4 is 10.0 Å². The molecule has 5 rings (SSSR count). The van der Waals surface area contributed by atoms with Gasteiger partial charge in [-0.2, -0.15) is 0 Å². The largest absolute Gasteiger partial charge is 0.326 e. The molecule has 0 bridgehead atoms. The quantitative estimate of drug-likeness (QED) is 0.302. The third-order valence-electron chi connectivity index (χ3n) is 7.28. The maximum atomic E-state index is 13.0. The summed E-state index contributed by atoms with van der Waals surface area (Å²) in [5, 5.41) is 4.57. The number of carbonyl (C=O) groups excluding carboxylic acids is 1. The zero-order valence-corrected chi connectivity index (χ0v) is 23.7. The van der Waals surface area contributed by atoms with Crippen LogP contribution in [0, 0.1) is 12.8 Å². The van der Waals surface area contributed by atoms with Crippen molar-refractivity contribution >= 4 is 48.1 Å². The molecule has 0 spiro atoms. The molecular weight excluding hydrogens is 546 g/mol. The summed E-state index contributed by atoms with van der Waals surface area (Å²) in [4.78, 5) is 13.0. The molecule has 0 atom stereocenters. The fraction of sp³-hybridized carbons (Fsp3) is 0.233. The molecule has 4 aromatic carbocycles. The molecule has 1 aliphatic rings. The highest BCUT2D eigenvalue weighted by Crippen LogP contribution is 2.27. The number of hydrogen-bond donors (Lipinski definition) is 2. The summed E-state index contributed by atoms with van der Waals surface area (Å²) in [6.45, 7) is 2.46. The van der Waals surface area contributed by atoms with Crippen LogP contribution in [0.3, 0.4) is 0 Å². The van der Waals surface area contributed by atoms with Gasteiger partial charge in [-0.15, -0.1) is 0 Å². The van der Waals surface area contributed by atoms with Crippen LogP contribution >= 0.6 is 0 Å². The van der Waals surface area contributed by atoms with Gasteiger partial charge in [0.1, 0.15) is 0 Å². The van der Waals surface area contributed by atoms with Gasteiger partial charge in [-0.3, -0.25) is 9.52 Å². The minimum Gasteiger partial charge on any atom is -0.326 e. The molecule has 1 amide bonds. The van der Waals surface area contributed by atoms with Crippen molar-refractivity contribution in [1.82, 2.24) is 4.31 Å².